The van der Waals surface area contributed by atoms with Gasteiger partial charge in [0.1, 0.15) is 5.75 Å². The van der Waals surface area contributed by atoms with Crippen LogP contribution in [-0.2, 0) is 0 Å². The highest BCUT2D eigenvalue weighted by Gasteiger charge is 2.16. The molecule has 0 amide bonds. The molecule has 1 aromatic carbocycles. The van der Waals surface area contributed by atoms with Gasteiger partial charge in [-0.2, -0.15) is 0 Å². The largest absolute Gasteiger partial charge is 0.490 e. The summed E-state index contributed by atoms with van der Waals surface area (Å²) in [5.41, 5.74) is 0.961. The van der Waals surface area contributed by atoms with E-state index in [-0.39, 0.29) is 10.6 Å². The predicted octanol–water partition coefficient (Wildman–Crippen LogP) is 3.65. The molecule has 0 bridgehead atoms. The summed E-state index contributed by atoms with van der Waals surface area (Å²) in [6.45, 7) is 1.49. The second-order valence-corrected chi connectivity index (χ2v) is 4.64. The van der Waals surface area contributed by atoms with Crippen molar-refractivity contribution in [2.75, 3.05) is 0 Å². The monoisotopic (exact) mass is 247 g/mol. The van der Waals surface area contributed by atoms with E-state index < -0.39 is 0 Å². The fourth-order valence-electron chi connectivity index (χ4n) is 2.14. The van der Waals surface area contributed by atoms with Gasteiger partial charge in [0.05, 0.1) is 11.0 Å². The first-order chi connectivity index (χ1) is 8.65. The minimum atomic E-state index is -0.386. The maximum atomic E-state index is 10.5. The van der Waals surface area contributed by atoms with E-state index in [9.17, 15) is 10.1 Å². The minimum absolute atomic E-state index is 0.138. The van der Waals surface area contributed by atoms with Crippen molar-refractivity contribution < 1.29 is 9.66 Å². The lowest BCUT2D eigenvalue weighted by atomic mass is 10.2. The van der Waals surface area contributed by atoms with Crippen LogP contribution in [0.1, 0.15) is 38.2 Å². The number of benzene rings is 1. The molecule has 0 atom stereocenters. The normalized spacial score (nSPS) is 16.8. The van der Waals surface area contributed by atoms with Crippen LogP contribution < -0.4 is 4.74 Å². The lowest BCUT2D eigenvalue weighted by Gasteiger charge is -2.12. The molecule has 0 saturated heterocycles. The lowest BCUT2D eigenvalue weighted by Crippen LogP contribution is -2.10. The first-order valence-electron chi connectivity index (χ1n) is 6.24. The quantitative estimate of drug-likeness (QED) is 0.602. The average Bonchev–Trinajstić information content (AvgIpc) is 2.84. The Morgan fingerprint density at radius 2 is 1.94 bits per heavy atom. The van der Waals surface area contributed by atoms with Gasteiger partial charge in [-0.3, -0.25) is 10.1 Å². The van der Waals surface area contributed by atoms with Crippen LogP contribution in [0.3, 0.4) is 0 Å². The van der Waals surface area contributed by atoms with Crippen molar-refractivity contribution in [3.63, 3.8) is 0 Å². The predicted molar refractivity (Wildman–Crippen MR) is 70.0 cm³/mol. The van der Waals surface area contributed by atoms with E-state index in [1.54, 1.807) is 6.08 Å². The zero-order chi connectivity index (χ0) is 13.0. The maximum absolute atomic E-state index is 10.5. The van der Waals surface area contributed by atoms with Crippen LogP contribution in [0.2, 0.25) is 0 Å². The molecule has 1 aliphatic rings. The van der Waals surface area contributed by atoms with Crippen LogP contribution in [0, 0.1) is 10.1 Å². The Bertz CT molecular complexity index is 445. The van der Waals surface area contributed by atoms with Crippen molar-refractivity contribution >= 4 is 6.08 Å². The van der Waals surface area contributed by atoms with Crippen LogP contribution in [0.25, 0.3) is 6.08 Å². The summed E-state index contributed by atoms with van der Waals surface area (Å²) in [6, 6.07) is 7.43. The molecule has 96 valence electrons. The van der Waals surface area contributed by atoms with Gasteiger partial charge in [-0.25, -0.2) is 0 Å². The van der Waals surface area contributed by atoms with Gasteiger partial charge < -0.3 is 4.74 Å². The van der Waals surface area contributed by atoms with E-state index in [4.69, 9.17) is 4.74 Å². The number of hydrogen-bond acceptors (Lipinski definition) is 3. The average molecular weight is 247 g/mol. The molecule has 18 heavy (non-hydrogen) atoms. The summed E-state index contributed by atoms with van der Waals surface area (Å²) in [4.78, 5) is 10.1. The van der Waals surface area contributed by atoms with Gasteiger partial charge in [0.15, 0.2) is 0 Å². The van der Waals surface area contributed by atoms with Crippen LogP contribution in [0.4, 0.5) is 0 Å². The molecule has 0 unspecified atom stereocenters. The highest BCUT2D eigenvalue weighted by Crippen LogP contribution is 2.24. The Hall–Kier alpha value is -1.84. The highest BCUT2D eigenvalue weighted by molar-refractivity contribution is 5.51. The second kappa shape index (κ2) is 5.67. The van der Waals surface area contributed by atoms with Crippen molar-refractivity contribution in [2.45, 2.75) is 38.7 Å². The number of rotatable bonds is 4. The summed E-state index contributed by atoms with van der Waals surface area (Å²) in [5, 5.41) is 10.5. The van der Waals surface area contributed by atoms with Crippen molar-refractivity contribution in [3.8, 4) is 5.75 Å². The van der Waals surface area contributed by atoms with Gasteiger partial charge in [0.25, 0.3) is 0 Å². The number of nitrogens with zero attached hydrogens (tertiary/aromatic N) is 1. The summed E-state index contributed by atoms with van der Waals surface area (Å²) >= 11 is 0. The maximum Gasteiger partial charge on any atom is 0.243 e. The van der Waals surface area contributed by atoms with Crippen LogP contribution >= 0.6 is 0 Å². The Kier molecular flexibility index (Phi) is 3.97. The third kappa shape index (κ3) is 3.32. The SMILES string of the molecule is C/C(=C\c1ccc(OC2CCCC2)cc1)[N+](=O)[O-]. The van der Waals surface area contributed by atoms with Crippen LogP contribution in [-0.4, -0.2) is 11.0 Å². The summed E-state index contributed by atoms with van der Waals surface area (Å²) in [6.07, 6.45) is 6.64. The second-order valence-electron chi connectivity index (χ2n) is 4.64. The Morgan fingerprint density at radius 1 is 1.33 bits per heavy atom. The molecular formula is C14H17NO3. The zero-order valence-corrected chi connectivity index (χ0v) is 10.5. The molecule has 1 aromatic rings. The Morgan fingerprint density at radius 3 is 2.50 bits per heavy atom. The molecule has 0 N–H and O–H groups in total. The van der Waals surface area contributed by atoms with E-state index in [0.29, 0.717) is 6.10 Å². The summed E-state index contributed by atoms with van der Waals surface area (Å²) in [5.74, 6) is 0.845. The first kappa shape index (κ1) is 12.6. The van der Waals surface area contributed by atoms with E-state index in [1.807, 2.05) is 24.3 Å². The van der Waals surface area contributed by atoms with E-state index in [2.05, 4.69) is 0 Å². The lowest BCUT2D eigenvalue weighted by molar-refractivity contribution is -0.422. The van der Waals surface area contributed by atoms with Crippen molar-refractivity contribution in [2.24, 2.45) is 0 Å². The van der Waals surface area contributed by atoms with Crippen LogP contribution in [0.5, 0.6) is 5.75 Å². The number of ether oxygens (including phenoxy) is 1. The Balaban J connectivity index is 2.00. The molecule has 4 heteroatoms. The minimum Gasteiger partial charge on any atom is -0.490 e. The topological polar surface area (TPSA) is 52.4 Å². The molecule has 0 heterocycles. The number of nitro groups is 1. The molecular weight excluding hydrogens is 230 g/mol. The number of allylic oxidation sites excluding steroid dienone is 1. The standard InChI is InChI=1S/C14H17NO3/c1-11(15(16)17)10-12-6-8-14(9-7-12)18-13-4-2-3-5-13/h6-10,13H,2-5H2,1H3/b11-10+. The van der Waals surface area contributed by atoms with Gasteiger partial charge in [-0.05, 0) is 43.4 Å². The first-order valence-corrected chi connectivity index (χ1v) is 6.24. The van der Waals surface area contributed by atoms with E-state index >= 15 is 0 Å². The molecule has 2 rings (SSSR count). The molecule has 4 nitrogen and oxygen atoms in total. The van der Waals surface area contributed by atoms with E-state index in [1.165, 1.54) is 19.8 Å². The van der Waals surface area contributed by atoms with Crippen molar-refractivity contribution in [1.29, 1.82) is 0 Å². The molecule has 0 spiro atoms. The molecule has 0 aliphatic heterocycles. The highest BCUT2D eigenvalue weighted by atomic mass is 16.6. The van der Waals surface area contributed by atoms with Crippen molar-refractivity contribution in [1.82, 2.24) is 0 Å². The van der Waals surface area contributed by atoms with Gasteiger partial charge in [-0.15, -0.1) is 0 Å². The van der Waals surface area contributed by atoms with E-state index in [0.717, 1.165) is 24.2 Å². The third-order valence-electron chi connectivity index (χ3n) is 3.15. The van der Waals surface area contributed by atoms with Gasteiger partial charge >= 0.3 is 0 Å². The van der Waals surface area contributed by atoms with Gasteiger partial charge in [0.2, 0.25) is 5.70 Å². The Labute approximate surface area is 106 Å². The van der Waals surface area contributed by atoms with Crippen LogP contribution in [0.15, 0.2) is 30.0 Å². The molecule has 0 radical (unpaired) electrons. The van der Waals surface area contributed by atoms with Crippen molar-refractivity contribution in [3.05, 3.63) is 45.6 Å². The molecule has 1 saturated carbocycles. The number of hydrogen-bond donors (Lipinski definition) is 0. The van der Waals surface area contributed by atoms with Gasteiger partial charge in [-0.1, -0.05) is 12.1 Å². The summed E-state index contributed by atoms with van der Waals surface area (Å²) < 4.78 is 5.83. The third-order valence-corrected chi connectivity index (χ3v) is 3.15. The zero-order valence-electron chi connectivity index (χ0n) is 10.5. The summed E-state index contributed by atoms with van der Waals surface area (Å²) in [7, 11) is 0. The molecule has 1 fully saturated rings. The van der Waals surface area contributed by atoms with Gasteiger partial charge in [0, 0.05) is 13.0 Å². The fourth-order valence-corrected chi connectivity index (χ4v) is 2.14. The fraction of sp³-hybridized carbons (Fsp3) is 0.429. The molecule has 0 aromatic heterocycles. The smallest absolute Gasteiger partial charge is 0.243 e. The molecule has 1 aliphatic carbocycles.